The molecule has 2 amide bonds. The van der Waals surface area contributed by atoms with Crippen molar-refractivity contribution in [1.29, 1.82) is 0 Å². The Hall–Kier alpha value is -1.47. The van der Waals surface area contributed by atoms with Crippen LogP contribution in [-0.4, -0.2) is 57.9 Å². The molecule has 7 heteroatoms. The largest absolute Gasteiger partial charge is 0.363 e. The summed E-state index contributed by atoms with van der Waals surface area (Å²) in [6.45, 7) is 7.66. The van der Waals surface area contributed by atoms with Gasteiger partial charge in [-0.1, -0.05) is 0 Å². The topological polar surface area (TPSA) is 62.7 Å². The zero-order valence-electron chi connectivity index (χ0n) is 13.9. The van der Waals surface area contributed by atoms with Gasteiger partial charge in [-0.2, -0.15) is 0 Å². The van der Waals surface area contributed by atoms with E-state index in [2.05, 4.69) is 11.9 Å². The van der Waals surface area contributed by atoms with Crippen molar-refractivity contribution < 1.29 is 14.3 Å². The van der Waals surface area contributed by atoms with Crippen molar-refractivity contribution in [1.82, 2.24) is 14.8 Å². The molecule has 0 saturated carbocycles. The van der Waals surface area contributed by atoms with Crippen LogP contribution in [0.2, 0.25) is 0 Å². The van der Waals surface area contributed by atoms with Crippen molar-refractivity contribution in [2.24, 2.45) is 0 Å². The molecule has 3 heterocycles. The SMILES string of the molecule is CC(=O)N1CCC2(CC1)OCC(=O)N(Cc1csc(C)n1)[C@H]2C. The number of nitrogens with zero attached hydrogens (tertiary/aromatic N) is 3. The van der Waals surface area contributed by atoms with Gasteiger partial charge in [-0.3, -0.25) is 9.59 Å². The number of piperidine rings is 1. The number of ether oxygens (including phenoxy) is 1. The highest BCUT2D eigenvalue weighted by molar-refractivity contribution is 7.09. The number of aryl methyl sites for hydroxylation is 1. The number of likely N-dealkylation sites (tertiary alicyclic amines) is 1. The van der Waals surface area contributed by atoms with Gasteiger partial charge in [0.2, 0.25) is 11.8 Å². The van der Waals surface area contributed by atoms with Crippen molar-refractivity contribution in [2.45, 2.75) is 51.8 Å². The van der Waals surface area contributed by atoms with E-state index in [4.69, 9.17) is 4.74 Å². The molecule has 2 fully saturated rings. The van der Waals surface area contributed by atoms with Crippen molar-refractivity contribution >= 4 is 23.2 Å². The van der Waals surface area contributed by atoms with Crippen LogP contribution < -0.4 is 0 Å². The van der Waals surface area contributed by atoms with Crippen LogP contribution >= 0.6 is 11.3 Å². The van der Waals surface area contributed by atoms with Gasteiger partial charge in [0, 0.05) is 25.4 Å². The normalized spacial score (nSPS) is 24.3. The number of hydrogen-bond acceptors (Lipinski definition) is 5. The first-order valence-electron chi connectivity index (χ1n) is 8.01. The summed E-state index contributed by atoms with van der Waals surface area (Å²) in [6, 6.07) is -0.0140. The van der Waals surface area contributed by atoms with Crippen molar-refractivity contribution in [3.05, 3.63) is 16.1 Å². The van der Waals surface area contributed by atoms with Crippen LogP contribution in [0.3, 0.4) is 0 Å². The van der Waals surface area contributed by atoms with Crippen molar-refractivity contribution in [2.75, 3.05) is 19.7 Å². The average molecular weight is 337 g/mol. The third-order valence-electron chi connectivity index (χ3n) is 5.09. The minimum Gasteiger partial charge on any atom is -0.363 e. The second-order valence-corrected chi connectivity index (χ2v) is 7.48. The Morgan fingerprint density at radius 1 is 1.48 bits per heavy atom. The minimum atomic E-state index is -0.342. The average Bonchev–Trinajstić information content (AvgIpc) is 2.94. The molecule has 2 saturated heterocycles. The van der Waals surface area contributed by atoms with Gasteiger partial charge in [0.15, 0.2) is 0 Å². The first-order chi connectivity index (χ1) is 10.9. The summed E-state index contributed by atoms with van der Waals surface area (Å²) in [7, 11) is 0. The summed E-state index contributed by atoms with van der Waals surface area (Å²) in [4.78, 5) is 32.1. The lowest BCUT2D eigenvalue weighted by atomic mass is 9.82. The number of aromatic nitrogens is 1. The molecule has 0 radical (unpaired) electrons. The maximum absolute atomic E-state index is 12.3. The van der Waals surface area contributed by atoms with Crippen LogP contribution in [0.1, 0.15) is 37.4 Å². The molecule has 0 aromatic carbocycles. The minimum absolute atomic E-state index is 0.0140. The lowest BCUT2D eigenvalue weighted by Crippen LogP contribution is -2.63. The van der Waals surface area contributed by atoms with E-state index in [0.717, 1.165) is 23.5 Å². The molecular formula is C16H23N3O3S. The summed E-state index contributed by atoms with van der Waals surface area (Å²) in [5.41, 5.74) is 0.594. The predicted molar refractivity (Wildman–Crippen MR) is 87.0 cm³/mol. The summed E-state index contributed by atoms with van der Waals surface area (Å²) >= 11 is 1.60. The summed E-state index contributed by atoms with van der Waals surface area (Å²) in [6.07, 6.45) is 1.54. The van der Waals surface area contributed by atoms with Gasteiger partial charge in [-0.05, 0) is 26.7 Å². The van der Waals surface area contributed by atoms with E-state index in [1.54, 1.807) is 18.3 Å². The van der Waals surface area contributed by atoms with E-state index in [1.807, 2.05) is 22.1 Å². The monoisotopic (exact) mass is 337 g/mol. The smallest absolute Gasteiger partial charge is 0.249 e. The van der Waals surface area contributed by atoms with Crippen LogP contribution in [-0.2, 0) is 20.9 Å². The van der Waals surface area contributed by atoms with Crippen LogP contribution in [0.4, 0.5) is 0 Å². The molecule has 6 nitrogen and oxygen atoms in total. The second-order valence-electron chi connectivity index (χ2n) is 6.41. The Kier molecular flexibility index (Phi) is 4.42. The summed E-state index contributed by atoms with van der Waals surface area (Å²) < 4.78 is 5.99. The molecule has 0 aliphatic carbocycles. The molecule has 1 aromatic heterocycles. The number of thiazole rings is 1. The number of carbonyl (C=O) groups is 2. The standard InChI is InChI=1S/C16H23N3O3S/c1-11-16(4-6-18(7-5-16)13(3)20)22-9-15(21)19(11)8-14-10-23-12(2)17-14/h10-11H,4-9H2,1-3H3/t11-/m0/s1. The van der Waals surface area contributed by atoms with Gasteiger partial charge in [0.25, 0.3) is 0 Å². The number of amides is 2. The van der Waals surface area contributed by atoms with Gasteiger partial charge in [-0.15, -0.1) is 11.3 Å². The first kappa shape index (κ1) is 16.4. The van der Waals surface area contributed by atoms with E-state index < -0.39 is 0 Å². The van der Waals surface area contributed by atoms with E-state index in [-0.39, 0.29) is 30.1 Å². The van der Waals surface area contributed by atoms with Gasteiger partial charge < -0.3 is 14.5 Å². The molecule has 1 aromatic rings. The highest BCUT2D eigenvalue weighted by atomic mass is 32.1. The third kappa shape index (κ3) is 3.12. The Balaban J connectivity index is 1.74. The lowest BCUT2D eigenvalue weighted by Gasteiger charge is -2.51. The molecular weight excluding hydrogens is 314 g/mol. The highest BCUT2D eigenvalue weighted by Gasteiger charge is 2.48. The highest BCUT2D eigenvalue weighted by Crippen LogP contribution is 2.36. The van der Waals surface area contributed by atoms with Crippen LogP contribution in [0, 0.1) is 6.92 Å². The molecule has 3 rings (SSSR count). The third-order valence-corrected chi connectivity index (χ3v) is 5.91. The molecule has 1 atom stereocenters. The number of rotatable bonds is 2. The zero-order valence-corrected chi connectivity index (χ0v) is 14.7. The van der Waals surface area contributed by atoms with E-state index in [0.29, 0.717) is 19.6 Å². The fourth-order valence-corrected chi connectivity index (χ4v) is 4.16. The van der Waals surface area contributed by atoms with E-state index in [9.17, 15) is 9.59 Å². The molecule has 2 aliphatic heterocycles. The van der Waals surface area contributed by atoms with Gasteiger partial charge in [0.1, 0.15) is 6.61 Å². The van der Waals surface area contributed by atoms with Crippen LogP contribution in [0.25, 0.3) is 0 Å². The quantitative estimate of drug-likeness (QED) is 0.822. The molecule has 0 bridgehead atoms. The fourth-order valence-electron chi connectivity index (χ4n) is 3.55. The summed E-state index contributed by atoms with van der Waals surface area (Å²) in [5.74, 6) is 0.122. The number of carbonyl (C=O) groups excluding carboxylic acids is 2. The molecule has 2 aliphatic rings. The Morgan fingerprint density at radius 2 is 2.17 bits per heavy atom. The maximum atomic E-state index is 12.3. The molecule has 126 valence electrons. The Morgan fingerprint density at radius 3 is 2.74 bits per heavy atom. The molecule has 0 N–H and O–H groups in total. The summed E-state index contributed by atoms with van der Waals surface area (Å²) in [5, 5.41) is 3.02. The first-order valence-corrected chi connectivity index (χ1v) is 8.89. The lowest BCUT2D eigenvalue weighted by molar-refractivity contribution is -0.189. The Bertz CT molecular complexity index is 607. The maximum Gasteiger partial charge on any atom is 0.249 e. The second kappa shape index (κ2) is 6.20. The van der Waals surface area contributed by atoms with Crippen LogP contribution in [0.15, 0.2) is 5.38 Å². The molecule has 1 spiro atoms. The fraction of sp³-hybridized carbons (Fsp3) is 0.688. The van der Waals surface area contributed by atoms with E-state index >= 15 is 0 Å². The van der Waals surface area contributed by atoms with Gasteiger partial charge in [0.05, 0.1) is 28.9 Å². The zero-order chi connectivity index (χ0) is 16.6. The number of morpholine rings is 1. The number of hydrogen-bond donors (Lipinski definition) is 0. The molecule has 0 unspecified atom stereocenters. The van der Waals surface area contributed by atoms with Gasteiger partial charge >= 0.3 is 0 Å². The molecule has 23 heavy (non-hydrogen) atoms. The van der Waals surface area contributed by atoms with Crippen molar-refractivity contribution in [3.8, 4) is 0 Å². The van der Waals surface area contributed by atoms with Gasteiger partial charge in [-0.25, -0.2) is 4.98 Å². The van der Waals surface area contributed by atoms with E-state index in [1.165, 1.54) is 0 Å². The Labute approximate surface area is 140 Å². The van der Waals surface area contributed by atoms with Crippen molar-refractivity contribution in [3.63, 3.8) is 0 Å². The van der Waals surface area contributed by atoms with Crippen LogP contribution in [0.5, 0.6) is 0 Å². The predicted octanol–water partition coefficient (Wildman–Crippen LogP) is 1.58.